The van der Waals surface area contributed by atoms with Crippen LogP contribution in [-0.4, -0.2) is 57.7 Å². The van der Waals surface area contributed by atoms with E-state index in [1.807, 2.05) is 13.8 Å². The Kier molecular flexibility index (Phi) is 4.97. The minimum absolute atomic E-state index is 0.0570. The van der Waals surface area contributed by atoms with E-state index in [1.54, 1.807) is 0 Å². The molecular weight excluding hydrogens is 266 g/mol. The summed E-state index contributed by atoms with van der Waals surface area (Å²) in [5.41, 5.74) is 1.15. The second kappa shape index (κ2) is 6.32. The SMILES string of the molecule is CC1CN(S(=O)(=O)NCC2=CCNCC2)CC(C)O1. The molecule has 0 amide bonds. The summed E-state index contributed by atoms with van der Waals surface area (Å²) in [6.07, 6.45) is 2.84. The van der Waals surface area contributed by atoms with Gasteiger partial charge in [0, 0.05) is 26.2 Å². The van der Waals surface area contributed by atoms with Gasteiger partial charge in [0.1, 0.15) is 0 Å². The van der Waals surface area contributed by atoms with Crippen molar-refractivity contribution >= 4 is 10.2 Å². The first-order chi connectivity index (χ1) is 8.97. The third-order valence-electron chi connectivity index (χ3n) is 3.37. The highest BCUT2D eigenvalue weighted by Gasteiger charge is 2.30. The Morgan fingerprint density at radius 2 is 2.11 bits per heavy atom. The van der Waals surface area contributed by atoms with Gasteiger partial charge in [0.05, 0.1) is 12.2 Å². The lowest BCUT2D eigenvalue weighted by atomic mass is 10.1. The second-order valence-electron chi connectivity index (χ2n) is 5.22. The summed E-state index contributed by atoms with van der Waals surface area (Å²) in [6, 6.07) is 0. The lowest BCUT2D eigenvalue weighted by Gasteiger charge is -2.34. The van der Waals surface area contributed by atoms with Gasteiger partial charge in [-0.2, -0.15) is 17.4 Å². The largest absolute Gasteiger partial charge is 0.373 e. The number of nitrogens with zero attached hydrogens (tertiary/aromatic N) is 1. The molecule has 6 nitrogen and oxygen atoms in total. The van der Waals surface area contributed by atoms with Gasteiger partial charge in [-0.15, -0.1) is 0 Å². The number of nitrogens with one attached hydrogen (secondary N) is 2. The first kappa shape index (κ1) is 14.9. The Labute approximate surface area is 115 Å². The lowest BCUT2D eigenvalue weighted by Crippen LogP contribution is -2.52. The maximum Gasteiger partial charge on any atom is 0.279 e. The van der Waals surface area contributed by atoms with Crippen LogP contribution in [-0.2, 0) is 14.9 Å². The normalized spacial score (nSPS) is 30.1. The van der Waals surface area contributed by atoms with Gasteiger partial charge in [-0.1, -0.05) is 11.6 Å². The molecule has 2 N–H and O–H groups in total. The molecule has 0 aromatic carbocycles. The Hall–Kier alpha value is -0.470. The van der Waals surface area contributed by atoms with Gasteiger partial charge >= 0.3 is 0 Å². The van der Waals surface area contributed by atoms with Crippen molar-refractivity contribution in [2.45, 2.75) is 32.5 Å². The maximum absolute atomic E-state index is 12.2. The van der Waals surface area contributed by atoms with Crippen molar-refractivity contribution in [1.29, 1.82) is 0 Å². The molecule has 0 radical (unpaired) electrons. The highest BCUT2D eigenvalue weighted by Crippen LogP contribution is 2.14. The molecule has 2 aliphatic heterocycles. The van der Waals surface area contributed by atoms with E-state index in [0.717, 1.165) is 25.1 Å². The Morgan fingerprint density at radius 1 is 1.42 bits per heavy atom. The Balaban J connectivity index is 1.92. The fourth-order valence-corrected chi connectivity index (χ4v) is 3.80. The number of morpholine rings is 1. The molecule has 110 valence electrons. The van der Waals surface area contributed by atoms with Gasteiger partial charge in [0.25, 0.3) is 10.2 Å². The van der Waals surface area contributed by atoms with Crippen molar-refractivity contribution in [3.63, 3.8) is 0 Å². The zero-order chi connectivity index (χ0) is 13.9. The predicted molar refractivity (Wildman–Crippen MR) is 74.1 cm³/mol. The standard InChI is InChI=1S/C12H23N3O3S/c1-10-8-15(9-11(2)18-10)19(16,17)14-7-12-3-5-13-6-4-12/h3,10-11,13-14H,4-9H2,1-2H3. The number of hydrogen-bond acceptors (Lipinski definition) is 4. The summed E-state index contributed by atoms with van der Waals surface area (Å²) < 4.78 is 34.2. The molecule has 0 saturated carbocycles. The first-order valence-electron chi connectivity index (χ1n) is 6.76. The molecule has 2 atom stereocenters. The quantitative estimate of drug-likeness (QED) is 0.706. The van der Waals surface area contributed by atoms with Gasteiger partial charge in [0.15, 0.2) is 0 Å². The minimum atomic E-state index is -3.41. The highest BCUT2D eigenvalue weighted by molar-refractivity contribution is 7.87. The molecule has 0 bridgehead atoms. The molecule has 1 fully saturated rings. The molecule has 2 rings (SSSR count). The smallest absolute Gasteiger partial charge is 0.279 e. The average molecular weight is 289 g/mol. The van der Waals surface area contributed by atoms with Crippen LogP contribution in [0.3, 0.4) is 0 Å². The summed E-state index contributed by atoms with van der Waals surface area (Å²) in [4.78, 5) is 0. The third-order valence-corrected chi connectivity index (χ3v) is 4.85. The molecule has 0 aromatic rings. The van der Waals surface area contributed by atoms with E-state index in [2.05, 4.69) is 16.1 Å². The fraction of sp³-hybridized carbons (Fsp3) is 0.833. The molecule has 0 aliphatic carbocycles. The Bertz CT molecular complexity index is 426. The molecule has 2 aliphatic rings. The molecule has 0 spiro atoms. The van der Waals surface area contributed by atoms with Gasteiger partial charge in [-0.05, 0) is 26.8 Å². The number of hydrogen-bond donors (Lipinski definition) is 2. The van der Waals surface area contributed by atoms with E-state index in [9.17, 15) is 8.42 Å². The molecule has 7 heteroatoms. The topological polar surface area (TPSA) is 70.7 Å². The molecule has 0 aromatic heterocycles. The first-order valence-corrected chi connectivity index (χ1v) is 8.20. The van der Waals surface area contributed by atoms with Crippen molar-refractivity contribution in [2.75, 3.05) is 32.7 Å². The van der Waals surface area contributed by atoms with Crippen molar-refractivity contribution in [1.82, 2.24) is 14.3 Å². The van der Waals surface area contributed by atoms with E-state index in [-0.39, 0.29) is 12.2 Å². The monoisotopic (exact) mass is 289 g/mol. The number of rotatable bonds is 4. The van der Waals surface area contributed by atoms with Gasteiger partial charge in [-0.25, -0.2) is 0 Å². The lowest BCUT2D eigenvalue weighted by molar-refractivity contribution is -0.0443. The van der Waals surface area contributed by atoms with E-state index in [0.29, 0.717) is 19.6 Å². The molecule has 19 heavy (non-hydrogen) atoms. The van der Waals surface area contributed by atoms with Crippen LogP contribution >= 0.6 is 0 Å². The van der Waals surface area contributed by atoms with E-state index in [1.165, 1.54) is 4.31 Å². The van der Waals surface area contributed by atoms with Crippen LogP contribution in [0.25, 0.3) is 0 Å². The molecule has 2 unspecified atom stereocenters. The summed E-state index contributed by atoms with van der Waals surface area (Å²) in [5, 5.41) is 3.21. The van der Waals surface area contributed by atoms with Gasteiger partial charge in [0.2, 0.25) is 0 Å². The zero-order valence-corrected chi connectivity index (χ0v) is 12.4. The van der Waals surface area contributed by atoms with E-state index < -0.39 is 10.2 Å². The number of ether oxygens (including phenoxy) is 1. The van der Waals surface area contributed by atoms with Crippen LogP contribution in [0.5, 0.6) is 0 Å². The zero-order valence-electron chi connectivity index (χ0n) is 11.6. The maximum atomic E-state index is 12.2. The van der Waals surface area contributed by atoms with Crippen molar-refractivity contribution < 1.29 is 13.2 Å². The summed E-state index contributed by atoms with van der Waals surface area (Å²) in [6.45, 7) is 6.77. The molecule has 1 saturated heterocycles. The fourth-order valence-electron chi connectivity index (χ4n) is 2.43. The minimum Gasteiger partial charge on any atom is -0.373 e. The Morgan fingerprint density at radius 3 is 2.68 bits per heavy atom. The van der Waals surface area contributed by atoms with Crippen LogP contribution in [0, 0.1) is 0 Å². The van der Waals surface area contributed by atoms with Crippen LogP contribution < -0.4 is 10.0 Å². The molecule has 2 heterocycles. The van der Waals surface area contributed by atoms with Crippen LogP contribution in [0.4, 0.5) is 0 Å². The summed E-state index contributed by atoms with van der Waals surface area (Å²) in [5.74, 6) is 0. The van der Waals surface area contributed by atoms with Crippen molar-refractivity contribution in [2.24, 2.45) is 0 Å². The van der Waals surface area contributed by atoms with Gasteiger partial charge < -0.3 is 10.1 Å². The van der Waals surface area contributed by atoms with E-state index in [4.69, 9.17) is 4.74 Å². The average Bonchev–Trinajstić information content (AvgIpc) is 2.37. The molecular formula is C12H23N3O3S. The third kappa shape index (κ3) is 4.25. The van der Waals surface area contributed by atoms with Gasteiger partial charge in [-0.3, -0.25) is 0 Å². The predicted octanol–water partition coefficient (Wildman–Crippen LogP) is -0.150. The highest BCUT2D eigenvalue weighted by atomic mass is 32.2. The van der Waals surface area contributed by atoms with Crippen LogP contribution in [0.1, 0.15) is 20.3 Å². The van der Waals surface area contributed by atoms with E-state index >= 15 is 0 Å². The summed E-state index contributed by atoms with van der Waals surface area (Å²) in [7, 11) is -3.41. The second-order valence-corrected chi connectivity index (χ2v) is 6.97. The summed E-state index contributed by atoms with van der Waals surface area (Å²) >= 11 is 0. The van der Waals surface area contributed by atoms with Crippen LogP contribution in [0.2, 0.25) is 0 Å². The van der Waals surface area contributed by atoms with Crippen LogP contribution in [0.15, 0.2) is 11.6 Å². The van der Waals surface area contributed by atoms with Crippen molar-refractivity contribution in [3.8, 4) is 0 Å². The van der Waals surface area contributed by atoms with Crippen molar-refractivity contribution in [3.05, 3.63) is 11.6 Å².